The van der Waals surface area contributed by atoms with Gasteiger partial charge in [0.25, 0.3) is 7.82 Å². The second kappa shape index (κ2) is 77.9. The number of ether oxygens (including phenoxy) is 2. The molecule has 0 amide bonds. The van der Waals surface area contributed by atoms with E-state index in [1.54, 1.807) is 0 Å². The van der Waals surface area contributed by atoms with Gasteiger partial charge in [0.2, 0.25) is 0 Å². The number of likely N-dealkylation sites (N-methyl/N-ethyl adjacent to an activating group) is 1. The van der Waals surface area contributed by atoms with Crippen molar-refractivity contribution in [3.8, 4) is 0 Å². The number of carbonyl (C=O) groups excluding carboxylic acids is 2. The molecule has 0 aliphatic carbocycles. The molecule has 0 fully saturated rings. The fraction of sp³-hybridized carbons (Fsp3) is 0.953. The molecule has 0 rings (SSSR count). The largest absolute Gasteiger partial charge is 0.756 e. The minimum Gasteiger partial charge on any atom is -0.756 e. The molecule has 0 saturated heterocycles. The Morgan fingerprint density at radius 3 is 0.771 bits per heavy atom. The van der Waals surface area contributed by atoms with Gasteiger partial charge in [0.05, 0.1) is 27.7 Å². The first-order chi connectivity index (χ1) is 47.0. The van der Waals surface area contributed by atoms with Crippen molar-refractivity contribution in [1.29, 1.82) is 0 Å². The lowest BCUT2D eigenvalue weighted by atomic mass is 10.0. The van der Waals surface area contributed by atoms with Crippen LogP contribution < -0.4 is 4.89 Å². The van der Waals surface area contributed by atoms with Gasteiger partial charge in [-0.3, -0.25) is 14.2 Å². The van der Waals surface area contributed by atoms with E-state index in [0.29, 0.717) is 17.4 Å². The number of phosphoric acid groups is 1. The van der Waals surface area contributed by atoms with E-state index in [1.807, 2.05) is 21.1 Å². The predicted molar refractivity (Wildman–Crippen MR) is 416 cm³/mol. The number of nitrogens with zero attached hydrogens (tertiary/aromatic N) is 1. The SMILES string of the molecule is CCCCCCCCCC/C=C\CCCCCCCCCCCCCCCCCCCCCCCCCCCCCC(=O)OC(COC(=O)CCCCCCCCCCCCCCCCCCCCCCCCCCCCCCCCCCC)COP(=O)([O-])OCC[N+](C)(C)C. The van der Waals surface area contributed by atoms with Gasteiger partial charge in [-0.25, -0.2) is 0 Å². The molecule has 572 valence electrons. The van der Waals surface area contributed by atoms with Gasteiger partial charge < -0.3 is 27.9 Å². The van der Waals surface area contributed by atoms with Crippen molar-refractivity contribution in [3.05, 3.63) is 12.2 Å². The number of unbranched alkanes of at least 4 members (excludes halogenated alkanes) is 67. The molecule has 0 aliphatic heterocycles. The molecule has 0 bridgehead atoms. The van der Waals surface area contributed by atoms with Crippen molar-refractivity contribution in [1.82, 2.24) is 0 Å². The van der Waals surface area contributed by atoms with Crippen LogP contribution in [0.5, 0.6) is 0 Å². The van der Waals surface area contributed by atoms with Gasteiger partial charge in [-0.1, -0.05) is 437 Å². The lowest BCUT2D eigenvalue weighted by Crippen LogP contribution is -2.37. The summed E-state index contributed by atoms with van der Waals surface area (Å²) in [4.78, 5) is 38.2. The number of quaternary nitrogens is 1. The maximum Gasteiger partial charge on any atom is 0.306 e. The number of hydrogen-bond donors (Lipinski definition) is 0. The molecule has 96 heavy (non-hydrogen) atoms. The highest BCUT2D eigenvalue weighted by atomic mass is 31.2. The number of allylic oxidation sites excluding steroid dienone is 2. The number of hydrogen-bond acceptors (Lipinski definition) is 8. The Balaban J connectivity index is 3.84. The van der Waals surface area contributed by atoms with Crippen LogP contribution in [0.25, 0.3) is 0 Å². The Bertz CT molecular complexity index is 1620. The summed E-state index contributed by atoms with van der Waals surface area (Å²) in [7, 11) is 1.20. The van der Waals surface area contributed by atoms with Crippen molar-refractivity contribution in [2.75, 3.05) is 47.5 Å². The number of phosphoric ester groups is 1. The van der Waals surface area contributed by atoms with Gasteiger partial charge >= 0.3 is 11.9 Å². The third-order valence-corrected chi connectivity index (χ3v) is 21.2. The van der Waals surface area contributed by atoms with Gasteiger partial charge in [-0.05, 0) is 38.5 Å². The van der Waals surface area contributed by atoms with Crippen LogP contribution in [0.3, 0.4) is 0 Å². The zero-order chi connectivity index (χ0) is 69.7. The Morgan fingerprint density at radius 1 is 0.312 bits per heavy atom. The smallest absolute Gasteiger partial charge is 0.306 e. The van der Waals surface area contributed by atoms with Crippen LogP contribution in [0.4, 0.5) is 0 Å². The second-order valence-electron chi connectivity index (χ2n) is 31.3. The molecular formula is C86H170NO8P. The zero-order valence-electron chi connectivity index (χ0n) is 65.6. The summed E-state index contributed by atoms with van der Waals surface area (Å²) in [6.07, 6.45) is 99.5. The van der Waals surface area contributed by atoms with Gasteiger partial charge in [-0.15, -0.1) is 0 Å². The summed E-state index contributed by atoms with van der Waals surface area (Å²) in [6.45, 7) is 4.35. The molecule has 0 aromatic carbocycles. The minimum absolute atomic E-state index is 0.0252. The van der Waals surface area contributed by atoms with E-state index in [9.17, 15) is 19.0 Å². The van der Waals surface area contributed by atoms with Crippen LogP contribution in [-0.4, -0.2) is 70.0 Å². The van der Waals surface area contributed by atoms with Gasteiger partial charge in [0.15, 0.2) is 6.10 Å². The molecule has 0 saturated carbocycles. The van der Waals surface area contributed by atoms with Crippen LogP contribution in [0.2, 0.25) is 0 Å². The average molecular weight is 1380 g/mol. The molecule has 0 aliphatic rings. The molecule has 10 heteroatoms. The summed E-state index contributed by atoms with van der Waals surface area (Å²) in [5.74, 6) is -0.800. The Morgan fingerprint density at radius 2 is 0.531 bits per heavy atom. The first-order valence-corrected chi connectivity index (χ1v) is 44.9. The first-order valence-electron chi connectivity index (χ1n) is 43.4. The predicted octanol–water partition coefficient (Wildman–Crippen LogP) is 28.3. The Labute approximate surface area is 600 Å². The molecular weight excluding hydrogens is 1210 g/mol. The minimum atomic E-state index is -4.64. The zero-order valence-corrected chi connectivity index (χ0v) is 66.5. The van der Waals surface area contributed by atoms with Gasteiger partial charge in [-0.2, -0.15) is 0 Å². The third-order valence-electron chi connectivity index (χ3n) is 20.3. The van der Waals surface area contributed by atoms with E-state index in [0.717, 1.165) is 32.1 Å². The fourth-order valence-electron chi connectivity index (χ4n) is 13.7. The summed E-state index contributed by atoms with van der Waals surface area (Å²) in [5, 5.41) is 0. The van der Waals surface area contributed by atoms with Gasteiger partial charge in [0.1, 0.15) is 19.8 Å². The van der Waals surface area contributed by atoms with E-state index in [4.69, 9.17) is 18.5 Å². The summed E-state index contributed by atoms with van der Waals surface area (Å²) in [5.41, 5.74) is 0. The molecule has 0 spiro atoms. The fourth-order valence-corrected chi connectivity index (χ4v) is 14.4. The van der Waals surface area contributed by atoms with Gasteiger partial charge in [0, 0.05) is 12.8 Å². The van der Waals surface area contributed by atoms with Crippen LogP contribution in [-0.2, 0) is 32.7 Å². The average Bonchev–Trinajstić information content (AvgIpc) is 1.98. The van der Waals surface area contributed by atoms with E-state index >= 15 is 0 Å². The molecule has 2 atom stereocenters. The Kier molecular flexibility index (Phi) is 76.9. The monoisotopic (exact) mass is 1380 g/mol. The normalized spacial score (nSPS) is 12.9. The van der Waals surface area contributed by atoms with Crippen molar-refractivity contribution >= 4 is 19.8 Å². The van der Waals surface area contributed by atoms with Crippen molar-refractivity contribution in [3.63, 3.8) is 0 Å². The van der Waals surface area contributed by atoms with Crippen LogP contribution in [0, 0.1) is 0 Å². The van der Waals surface area contributed by atoms with Crippen molar-refractivity contribution < 1.29 is 42.1 Å². The molecule has 0 radical (unpaired) electrons. The molecule has 9 nitrogen and oxygen atoms in total. The quantitative estimate of drug-likeness (QED) is 0.0195. The molecule has 2 unspecified atom stereocenters. The van der Waals surface area contributed by atoms with E-state index in [1.165, 1.54) is 411 Å². The standard InChI is InChI=1S/C86H170NO8P/c1-6-8-10-12-14-16-18-20-22-24-26-28-30-32-34-36-38-40-41-42-43-44-45-47-49-51-53-55-57-59-61-63-65-67-69-71-73-75-77-79-86(89)95-84(83-94-96(90,91)93-81-80-87(3,4)5)82-92-85(88)78-76-74-72-70-68-66-64-62-60-58-56-54-52-50-48-46-39-37-35-33-31-29-27-25-23-21-19-17-15-13-11-9-7-2/h24,26,84H,6-23,25,27-83H2,1-5H3/b26-24-. The molecule has 0 heterocycles. The van der Waals surface area contributed by atoms with Crippen molar-refractivity contribution in [2.24, 2.45) is 0 Å². The van der Waals surface area contributed by atoms with E-state index in [-0.39, 0.29) is 32.0 Å². The topological polar surface area (TPSA) is 111 Å². The molecule has 0 aromatic heterocycles. The first kappa shape index (κ1) is 94.8. The number of carbonyl (C=O) groups is 2. The lowest BCUT2D eigenvalue weighted by molar-refractivity contribution is -0.870. The van der Waals surface area contributed by atoms with E-state index in [2.05, 4.69) is 26.0 Å². The maximum absolute atomic E-state index is 12.9. The van der Waals surface area contributed by atoms with Crippen LogP contribution >= 0.6 is 7.82 Å². The third kappa shape index (κ3) is 81.7. The molecule has 0 N–H and O–H groups in total. The highest BCUT2D eigenvalue weighted by molar-refractivity contribution is 7.45. The summed E-state index contributed by atoms with van der Waals surface area (Å²) >= 11 is 0. The number of rotatable bonds is 83. The highest BCUT2D eigenvalue weighted by Crippen LogP contribution is 2.38. The second-order valence-corrected chi connectivity index (χ2v) is 32.7. The van der Waals surface area contributed by atoms with E-state index < -0.39 is 26.5 Å². The number of esters is 2. The van der Waals surface area contributed by atoms with Crippen LogP contribution in [0.15, 0.2) is 12.2 Å². The highest BCUT2D eigenvalue weighted by Gasteiger charge is 2.22. The lowest BCUT2D eigenvalue weighted by Gasteiger charge is -2.28. The van der Waals surface area contributed by atoms with Crippen molar-refractivity contribution in [2.45, 2.75) is 482 Å². The maximum atomic E-state index is 12.9. The summed E-state index contributed by atoms with van der Waals surface area (Å²) in [6, 6.07) is 0. The summed E-state index contributed by atoms with van der Waals surface area (Å²) < 4.78 is 34.5. The van der Waals surface area contributed by atoms with Crippen LogP contribution in [0.1, 0.15) is 476 Å². The molecule has 0 aromatic rings. The Hall–Kier alpha value is -1.25.